The van der Waals surface area contributed by atoms with Crippen molar-refractivity contribution in [2.24, 2.45) is 0 Å². The van der Waals surface area contributed by atoms with Crippen molar-refractivity contribution in [1.82, 2.24) is 0 Å². The zero-order valence-electron chi connectivity index (χ0n) is 8.28. The summed E-state index contributed by atoms with van der Waals surface area (Å²) < 4.78 is 13.4. The van der Waals surface area contributed by atoms with E-state index in [1.807, 2.05) is 0 Å². The van der Waals surface area contributed by atoms with Gasteiger partial charge in [-0.1, -0.05) is 35.9 Å². The van der Waals surface area contributed by atoms with Crippen molar-refractivity contribution in [3.8, 4) is 0 Å². The maximum atomic E-state index is 13.4. The molecule has 0 aliphatic heterocycles. The largest absolute Gasteiger partial charge is 0.288 e. The number of hydrogen-bond donors (Lipinski definition) is 0. The molecule has 0 spiro atoms. The van der Waals surface area contributed by atoms with E-state index < -0.39 is 5.82 Å². The second kappa shape index (κ2) is 4.45. The second-order valence-corrected chi connectivity index (χ2v) is 3.76. The van der Waals surface area contributed by atoms with E-state index in [1.165, 1.54) is 18.2 Å². The molecule has 0 saturated heterocycles. The minimum atomic E-state index is -0.521. The molecule has 0 atom stereocenters. The van der Waals surface area contributed by atoms with Crippen LogP contribution in [0.1, 0.15) is 15.9 Å². The molecule has 2 rings (SSSR count). The third-order valence-corrected chi connectivity index (χ3v) is 2.44. The third-order valence-electron chi connectivity index (χ3n) is 2.21. The first-order valence-electron chi connectivity index (χ1n) is 4.73. The number of carbonyl (C=O) groups excluding carboxylic acids is 1. The quantitative estimate of drug-likeness (QED) is 0.724. The molecule has 16 heavy (non-hydrogen) atoms. The lowest BCUT2D eigenvalue weighted by Crippen LogP contribution is -2.03. The van der Waals surface area contributed by atoms with Gasteiger partial charge in [0, 0.05) is 10.6 Å². The van der Waals surface area contributed by atoms with Gasteiger partial charge in [0.2, 0.25) is 0 Å². The Morgan fingerprint density at radius 3 is 2.50 bits per heavy atom. The van der Waals surface area contributed by atoms with Gasteiger partial charge in [0.25, 0.3) is 0 Å². The minimum absolute atomic E-state index is 0.0600. The zero-order chi connectivity index (χ0) is 11.5. The Kier molecular flexibility index (Phi) is 3.02. The highest BCUT2D eigenvalue weighted by Crippen LogP contribution is 2.16. The van der Waals surface area contributed by atoms with Crippen LogP contribution in [0, 0.1) is 5.82 Å². The Balaban J connectivity index is 2.44. The molecule has 0 bridgehead atoms. The van der Waals surface area contributed by atoms with E-state index in [2.05, 4.69) is 0 Å². The van der Waals surface area contributed by atoms with E-state index in [-0.39, 0.29) is 11.3 Å². The highest BCUT2D eigenvalue weighted by Gasteiger charge is 2.13. The fourth-order valence-corrected chi connectivity index (χ4v) is 1.62. The molecule has 0 amide bonds. The van der Waals surface area contributed by atoms with E-state index in [0.29, 0.717) is 10.6 Å². The highest BCUT2D eigenvalue weighted by molar-refractivity contribution is 6.31. The summed E-state index contributed by atoms with van der Waals surface area (Å²) in [5.41, 5.74) is 0.447. The number of benzene rings is 2. The summed E-state index contributed by atoms with van der Waals surface area (Å²) in [5, 5.41) is 0.460. The Bertz CT molecular complexity index is 537. The number of hydrogen-bond acceptors (Lipinski definition) is 1. The molecule has 0 aliphatic rings. The molecule has 2 aromatic rings. The van der Waals surface area contributed by atoms with Gasteiger partial charge >= 0.3 is 0 Å². The summed E-state index contributed by atoms with van der Waals surface area (Å²) in [6.45, 7) is 0. The van der Waals surface area contributed by atoms with Crippen LogP contribution in [-0.4, -0.2) is 5.78 Å². The standard InChI is InChI=1S/C13H8ClFO/c14-10-5-3-4-9(8-10)13(16)11-6-1-2-7-12(11)15/h1-8H. The fourth-order valence-electron chi connectivity index (χ4n) is 1.43. The SMILES string of the molecule is O=C(c1cccc(Cl)c1)c1ccccc1F. The molecule has 0 aromatic heterocycles. The lowest BCUT2D eigenvalue weighted by atomic mass is 10.0. The van der Waals surface area contributed by atoms with Gasteiger partial charge in [0.05, 0.1) is 5.56 Å². The maximum Gasteiger partial charge on any atom is 0.196 e. The normalized spacial score (nSPS) is 10.1. The summed E-state index contributed by atoms with van der Waals surface area (Å²) in [6.07, 6.45) is 0. The van der Waals surface area contributed by atoms with Crippen molar-refractivity contribution in [3.05, 3.63) is 70.5 Å². The van der Waals surface area contributed by atoms with Crippen LogP contribution in [-0.2, 0) is 0 Å². The van der Waals surface area contributed by atoms with Crippen LogP contribution >= 0.6 is 11.6 Å². The Morgan fingerprint density at radius 1 is 1.06 bits per heavy atom. The summed E-state index contributed by atoms with van der Waals surface area (Å²) in [7, 11) is 0. The van der Waals surface area contributed by atoms with Gasteiger partial charge in [-0.05, 0) is 24.3 Å². The molecule has 0 radical (unpaired) electrons. The molecule has 2 aromatic carbocycles. The molecule has 0 fully saturated rings. The highest BCUT2D eigenvalue weighted by atomic mass is 35.5. The third kappa shape index (κ3) is 2.12. The first kappa shape index (κ1) is 10.8. The number of ketones is 1. The van der Waals surface area contributed by atoms with Crippen molar-refractivity contribution < 1.29 is 9.18 Å². The number of halogens is 2. The number of carbonyl (C=O) groups is 1. The minimum Gasteiger partial charge on any atom is -0.288 e. The van der Waals surface area contributed by atoms with Gasteiger partial charge in [-0.3, -0.25) is 4.79 Å². The Morgan fingerprint density at radius 2 is 1.81 bits per heavy atom. The Labute approximate surface area is 97.5 Å². The zero-order valence-corrected chi connectivity index (χ0v) is 9.04. The molecule has 3 heteroatoms. The molecule has 1 nitrogen and oxygen atoms in total. The first-order chi connectivity index (χ1) is 7.68. The van der Waals surface area contributed by atoms with Crippen LogP contribution in [0.2, 0.25) is 5.02 Å². The predicted octanol–water partition coefficient (Wildman–Crippen LogP) is 3.71. The monoisotopic (exact) mass is 234 g/mol. The lowest BCUT2D eigenvalue weighted by Gasteiger charge is -2.02. The smallest absolute Gasteiger partial charge is 0.196 e. The van der Waals surface area contributed by atoms with Gasteiger partial charge in [-0.2, -0.15) is 0 Å². The van der Waals surface area contributed by atoms with Gasteiger partial charge in [0.15, 0.2) is 5.78 Å². The van der Waals surface area contributed by atoms with Gasteiger partial charge in [-0.25, -0.2) is 4.39 Å². The van der Waals surface area contributed by atoms with Crippen LogP contribution in [0.15, 0.2) is 48.5 Å². The second-order valence-electron chi connectivity index (χ2n) is 3.32. The van der Waals surface area contributed by atoms with Crippen LogP contribution in [0.25, 0.3) is 0 Å². The molecule has 0 heterocycles. The topological polar surface area (TPSA) is 17.1 Å². The molecule has 0 N–H and O–H groups in total. The van der Waals surface area contributed by atoms with E-state index in [1.54, 1.807) is 30.3 Å². The van der Waals surface area contributed by atoms with Crippen molar-refractivity contribution in [3.63, 3.8) is 0 Å². The van der Waals surface area contributed by atoms with Crippen molar-refractivity contribution in [2.45, 2.75) is 0 Å². The average Bonchev–Trinajstić information content (AvgIpc) is 2.29. The molecule has 0 aliphatic carbocycles. The molecule has 0 unspecified atom stereocenters. The predicted molar refractivity (Wildman–Crippen MR) is 61.3 cm³/mol. The van der Waals surface area contributed by atoms with Crippen LogP contribution in [0.4, 0.5) is 4.39 Å². The van der Waals surface area contributed by atoms with Gasteiger partial charge in [-0.15, -0.1) is 0 Å². The molecule has 80 valence electrons. The first-order valence-corrected chi connectivity index (χ1v) is 5.11. The fraction of sp³-hybridized carbons (Fsp3) is 0. The summed E-state index contributed by atoms with van der Waals surface area (Å²) >= 11 is 5.77. The van der Waals surface area contributed by atoms with Crippen LogP contribution < -0.4 is 0 Å². The van der Waals surface area contributed by atoms with E-state index >= 15 is 0 Å². The summed E-state index contributed by atoms with van der Waals surface area (Å²) in [4.78, 5) is 11.9. The van der Waals surface area contributed by atoms with E-state index in [0.717, 1.165) is 0 Å². The summed E-state index contributed by atoms with van der Waals surface area (Å²) in [5.74, 6) is -0.881. The van der Waals surface area contributed by atoms with Crippen LogP contribution in [0.5, 0.6) is 0 Å². The van der Waals surface area contributed by atoms with E-state index in [9.17, 15) is 9.18 Å². The summed E-state index contributed by atoms with van der Waals surface area (Å²) in [6, 6.07) is 12.4. The van der Waals surface area contributed by atoms with E-state index in [4.69, 9.17) is 11.6 Å². The maximum absolute atomic E-state index is 13.4. The lowest BCUT2D eigenvalue weighted by molar-refractivity contribution is 0.103. The average molecular weight is 235 g/mol. The van der Waals surface area contributed by atoms with Crippen molar-refractivity contribution >= 4 is 17.4 Å². The molecular weight excluding hydrogens is 227 g/mol. The molecule has 0 saturated carbocycles. The van der Waals surface area contributed by atoms with Crippen molar-refractivity contribution in [2.75, 3.05) is 0 Å². The number of rotatable bonds is 2. The Hall–Kier alpha value is -1.67. The van der Waals surface area contributed by atoms with Crippen molar-refractivity contribution in [1.29, 1.82) is 0 Å². The van der Waals surface area contributed by atoms with Crippen LogP contribution in [0.3, 0.4) is 0 Å². The van der Waals surface area contributed by atoms with Gasteiger partial charge < -0.3 is 0 Å². The van der Waals surface area contributed by atoms with Gasteiger partial charge in [0.1, 0.15) is 5.82 Å². The molecular formula is C13H8ClFO.